The van der Waals surface area contributed by atoms with Crippen LogP contribution in [0.1, 0.15) is 16.8 Å². The van der Waals surface area contributed by atoms with Gasteiger partial charge in [-0.15, -0.1) is 0 Å². The first-order valence-electron chi connectivity index (χ1n) is 5.39. The van der Waals surface area contributed by atoms with Crippen LogP contribution in [0.2, 0.25) is 0 Å². The molecule has 0 fully saturated rings. The van der Waals surface area contributed by atoms with Crippen molar-refractivity contribution in [2.45, 2.75) is 12.5 Å². The summed E-state index contributed by atoms with van der Waals surface area (Å²) in [5.74, 6) is -0.549. The lowest BCUT2D eigenvalue weighted by molar-refractivity contribution is 0.0894. The molecule has 18 heavy (non-hydrogen) atoms. The number of carbonyl (C=O) groups is 1. The summed E-state index contributed by atoms with van der Waals surface area (Å²) >= 11 is 5.28. The standard InChI is InChI=1S/C12H14BrFINO2/c1-18-7-9(4-5-13)16-12(17)10-3-2-8(14)6-11(10)15/h2-3,6,9H,4-5,7H2,1H3,(H,16,17). The van der Waals surface area contributed by atoms with Crippen LogP contribution in [-0.2, 0) is 4.74 Å². The number of hydrogen-bond donors (Lipinski definition) is 1. The van der Waals surface area contributed by atoms with Crippen molar-refractivity contribution in [1.82, 2.24) is 5.32 Å². The third-order valence-corrected chi connectivity index (χ3v) is 3.69. The van der Waals surface area contributed by atoms with Gasteiger partial charge >= 0.3 is 0 Å². The Morgan fingerprint density at radius 1 is 1.61 bits per heavy atom. The molecular formula is C12H14BrFINO2. The summed E-state index contributed by atoms with van der Waals surface area (Å²) in [4.78, 5) is 12.0. The Kier molecular flexibility index (Phi) is 7.10. The molecular weight excluding hydrogens is 416 g/mol. The zero-order valence-corrected chi connectivity index (χ0v) is 13.6. The summed E-state index contributed by atoms with van der Waals surface area (Å²) < 4.78 is 18.6. The Bertz CT molecular complexity index is 411. The molecule has 1 unspecified atom stereocenters. The van der Waals surface area contributed by atoms with E-state index in [4.69, 9.17) is 4.74 Å². The zero-order chi connectivity index (χ0) is 13.5. The minimum atomic E-state index is -0.343. The molecule has 0 saturated carbocycles. The maximum atomic E-state index is 13.0. The van der Waals surface area contributed by atoms with E-state index in [0.717, 1.165) is 11.8 Å². The van der Waals surface area contributed by atoms with E-state index in [-0.39, 0.29) is 17.8 Å². The molecule has 0 heterocycles. The Balaban J connectivity index is 2.73. The molecule has 100 valence electrons. The topological polar surface area (TPSA) is 38.3 Å². The normalized spacial score (nSPS) is 12.2. The molecule has 1 aromatic carbocycles. The van der Waals surface area contributed by atoms with Crippen LogP contribution in [-0.4, -0.2) is 31.0 Å². The molecule has 0 bridgehead atoms. The summed E-state index contributed by atoms with van der Waals surface area (Å²) in [5, 5.41) is 3.65. The predicted molar refractivity (Wildman–Crippen MR) is 80.7 cm³/mol. The number of ether oxygens (including phenoxy) is 1. The van der Waals surface area contributed by atoms with Gasteiger partial charge in [0, 0.05) is 16.0 Å². The van der Waals surface area contributed by atoms with Gasteiger partial charge in [0.15, 0.2) is 0 Å². The highest BCUT2D eigenvalue weighted by Crippen LogP contribution is 2.14. The summed E-state index contributed by atoms with van der Waals surface area (Å²) in [6.45, 7) is 0.453. The Labute approximate surface area is 128 Å². The average molecular weight is 430 g/mol. The van der Waals surface area contributed by atoms with Gasteiger partial charge in [-0.3, -0.25) is 4.79 Å². The average Bonchev–Trinajstić information content (AvgIpc) is 2.29. The van der Waals surface area contributed by atoms with Gasteiger partial charge in [-0.2, -0.15) is 0 Å². The highest BCUT2D eigenvalue weighted by Gasteiger charge is 2.15. The minimum Gasteiger partial charge on any atom is -0.383 e. The van der Waals surface area contributed by atoms with Crippen LogP contribution in [0.15, 0.2) is 18.2 Å². The van der Waals surface area contributed by atoms with Gasteiger partial charge in [-0.25, -0.2) is 4.39 Å². The van der Waals surface area contributed by atoms with Gasteiger partial charge in [0.25, 0.3) is 5.91 Å². The van der Waals surface area contributed by atoms with Crippen LogP contribution < -0.4 is 5.32 Å². The first kappa shape index (κ1) is 15.8. The van der Waals surface area contributed by atoms with Crippen molar-refractivity contribution in [3.63, 3.8) is 0 Å². The quantitative estimate of drug-likeness (QED) is 0.557. The van der Waals surface area contributed by atoms with E-state index in [1.807, 2.05) is 22.6 Å². The van der Waals surface area contributed by atoms with Crippen molar-refractivity contribution in [2.24, 2.45) is 0 Å². The monoisotopic (exact) mass is 429 g/mol. The molecule has 3 nitrogen and oxygen atoms in total. The summed E-state index contributed by atoms with van der Waals surface area (Å²) in [6, 6.07) is 4.06. The van der Waals surface area contributed by atoms with Crippen molar-refractivity contribution in [1.29, 1.82) is 0 Å². The zero-order valence-electron chi connectivity index (χ0n) is 9.88. The molecule has 6 heteroatoms. The maximum Gasteiger partial charge on any atom is 0.252 e. The molecule has 1 N–H and O–H groups in total. The van der Waals surface area contributed by atoms with Gasteiger partial charge in [0.2, 0.25) is 0 Å². The van der Waals surface area contributed by atoms with Gasteiger partial charge in [0.05, 0.1) is 18.2 Å². The number of rotatable bonds is 6. The number of alkyl halides is 1. The number of halogens is 3. The third kappa shape index (κ3) is 4.81. The van der Waals surface area contributed by atoms with E-state index >= 15 is 0 Å². The molecule has 0 aliphatic carbocycles. The smallest absolute Gasteiger partial charge is 0.252 e. The molecule has 0 radical (unpaired) electrons. The lowest BCUT2D eigenvalue weighted by Crippen LogP contribution is -2.38. The summed E-state index contributed by atoms with van der Waals surface area (Å²) in [7, 11) is 1.59. The van der Waals surface area contributed by atoms with E-state index < -0.39 is 0 Å². The molecule has 1 atom stereocenters. The van der Waals surface area contributed by atoms with E-state index in [2.05, 4.69) is 21.2 Å². The number of hydrogen-bond acceptors (Lipinski definition) is 2. The molecule has 0 aromatic heterocycles. The molecule has 0 saturated heterocycles. The lowest BCUT2D eigenvalue weighted by Gasteiger charge is -2.17. The fourth-order valence-electron chi connectivity index (χ4n) is 1.47. The second kappa shape index (κ2) is 8.06. The maximum absolute atomic E-state index is 13.0. The van der Waals surface area contributed by atoms with E-state index in [1.54, 1.807) is 7.11 Å². The number of benzene rings is 1. The Hall–Kier alpha value is -0.210. The first-order chi connectivity index (χ1) is 8.58. The highest BCUT2D eigenvalue weighted by atomic mass is 127. The molecule has 1 amide bonds. The summed E-state index contributed by atoms with van der Waals surface area (Å²) in [5.41, 5.74) is 0.479. The van der Waals surface area contributed by atoms with E-state index in [9.17, 15) is 9.18 Å². The molecule has 0 aliphatic heterocycles. The van der Waals surface area contributed by atoms with Crippen LogP contribution >= 0.6 is 38.5 Å². The SMILES string of the molecule is COCC(CCBr)NC(=O)c1ccc(F)cc1I. The van der Waals surface area contributed by atoms with Crippen molar-refractivity contribution in [2.75, 3.05) is 19.0 Å². The predicted octanol–water partition coefficient (Wildman–Crippen LogP) is 2.96. The van der Waals surface area contributed by atoms with Crippen LogP contribution in [0.3, 0.4) is 0 Å². The summed E-state index contributed by atoms with van der Waals surface area (Å²) in [6.07, 6.45) is 0.775. The van der Waals surface area contributed by atoms with E-state index in [0.29, 0.717) is 15.7 Å². The highest BCUT2D eigenvalue weighted by molar-refractivity contribution is 14.1. The van der Waals surface area contributed by atoms with Crippen molar-refractivity contribution >= 4 is 44.4 Å². The van der Waals surface area contributed by atoms with Crippen LogP contribution in [0, 0.1) is 9.39 Å². The van der Waals surface area contributed by atoms with Crippen LogP contribution in [0.5, 0.6) is 0 Å². The fraction of sp³-hybridized carbons (Fsp3) is 0.417. The third-order valence-electron chi connectivity index (χ3n) is 2.34. The van der Waals surface area contributed by atoms with Crippen molar-refractivity contribution < 1.29 is 13.9 Å². The largest absolute Gasteiger partial charge is 0.383 e. The fourth-order valence-corrected chi connectivity index (χ4v) is 2.74. The molecule has 0 spiro atoms. The number of nitrogens with one attached hydrogen (secondary N) is 1. The number of methoxy groups -OCH3 is 1. The number of carbonyl (C=O) groups excluding carboxylic acids is 1. The van der Waals surface area contributed by atoms with Crippen molar-refractivity contribution in [3.8, 4) is 0 Å². The van der Waals surface area contributed by atoms with Gasteiger partial charge in [-0.1, -0.05) is 15.9 Å². The first-order valence-corrected chi connectivity index (χ1v) is 7.59. The molecule has 1 rings (SSSR count). The number of amides is 1. The second-order valence-corrected chi connectivity index (χ2v) is 5.68. The molecule has 1 aromatic rings. The van der Waals surface area contributed by atoms with E-state index in [1.165, 1.54) is 18.2 Å². The Morgan fingerprint density at radius 3 is 2.89 bits per heavy atom. The second-order valence-electron chi connectivity index (χ2n) is 3.73. The minimum absolute atomic E-state index is 0.0530. The molecule has 0 aliphatic rings. The van der Waals surface area contributed by atoms with Gasteiger partial charge < -0.3 is 10.1 Å². The van der Waals surface area contributed by atoms with Gasteiger partial charge in [0.1, 0.15) is 5.82 Å². The van der Waals surface area contributed by atoms with Crippen molar-refractivity contribution in [3.05, 3.63) is 33.1 Å². The van der Waals surface area contributed by atoms with Gasteiger partial charge in [-0.05, 0) is 47.2 Å². The Morgan fingerprint density at radius 2 is 2.33 bits per heavy atom. The van der Waals surface area contributed by atoms with Crippen LogP contribution in [0.25, 0.3) is 0 Å². The van der Waals surface area contributed by atoms with Crippen LogP contribution in [0.4, 0.5) is 4.39 Å². The lowest BCUT2D eigenvalue weighted by atomic mass is 10.1.